The Hall–Kier alpha value is -2.20. The highest BCUT2D eigenvalue weighted by Gasteiger charge is 2.49. The molecular weight excluding hydrogens is 240 g/mol. The van der Waals surface area contributed by atoms with Crippen molar-refractivity contribution in [3.8, 4) is 0 Å². The van der Waals surface area contributed by atoms with E-state index in [4.69, 9.17) is 0 Å². The molecule has 3 rings (SSSR count). The van der Waals surface area contributed by atoms with Crippen LogP contribution < -0.4 is 5.32 Å². The van der Waals surface area contributed by atoms with E-state index in [1.165, 1.54) is 0 Å². The molecule has 2 aromatic rings. The van der Waals surface area contributed by atoms with Crippen molar-refractivity contribution in [2.24, 2.45) is 0 Å². The predicted molar refractivity (Wildman–Crippen MR) is 72.4 cm³/mol. The Labute approximate surface area is 111 Å². The first kappa shape index (κ1) is 11.9. The fourth-order valence-corrected chi connectivity index (χ4v) is 2.77. The van der Waals surface area contributed by atoms with Gasteiger partial charge in [-0.2, -0.15) is 0 Å². The van der Waals surface area contributed by atoms with Crippen molar-refractivity contribution in [3.63, 3.8) is 0 Å². The lowest BCUT2D eigenvalue weighted by Gasteiger charge is -2.32. The van der Waals surface area contributed by atoms with Gasteiger partial charge in [0.1, 0.15) is 0 Å². The molecule has 0 aliphatic carbocycles. The first-order valence-electron chi connectivity index (χ1n) is 6.28. The topological polar surface area (TPSA) is 55.2 Å². The monoisotopic (exact) mass is 254 g/mol. The first-order valence-corrected chi connectivity index (χ1v) is 6.28. The van der Waals surface area contributed by atoms with E-state index in [-0.39, 0.29) is 4.92 Å². The van der Waals surface area contributed by atoms with Crippen molar-refractivity contribution >= 4 is 0 Å². The number of benzene rings is 2. The molecule has 19 heavy (non-hydrogen) atoms. The maximum absolute atomic E-state index is 11.8. The summed E-state index contributed by atoms with van der Waals surface area (Å²) >= 11 is 0. The molecular formula is C15H14N2O2. The normalized spacial score (nSPS) is 21.7. The van der Waals surface area contributed by atoms with Gasteiger partial charge >= 0.3 is 5.66 Å². The van der Waals surface area contributed by atoms with Crippen LogP contribution in [-0.4, -0.2) is 11.5 Å². The Morgan fingerprint density at radius 2 is 1.74 bits per heavy atom. The molecule has 1 aliphatic rings. The smallest absolute Gasteiger partial charge is 0.262 e. The predicted octanol–water partition coefficient (Wildman–Crippen LogP) is 2.31. The second-order valence-corrected chi connectivity index (χ2v) is 4.67. The zero-order chi connectivity index (χ0) is 13.3. The van der Waals surface area contributed by atoms with Gasteiger partial charge in [-0.05, 0) is 30.2 Å². The van der Waals surface area contributed by atoms with Crippen molar-refractivity contribution < 1.29 is 4.92 Å². The molecule has 4 nitrogen and oxygen atoms in total. The van der Waals surface area contributed by atoms with E-state index in [0.29, 0.717) is 12.1 Å². The maximum atomic E-state index is 11.8. The molecule has 0 bridgehead atoms. The van der Waals surface area contributed by atoms with Crippen LogP contribution >= 0.6 is 0 Å². The van der Waals surface area contributed by atoms with Crippen molar-refractivity contribution in [1.29, 1.82) is 0 Å². The standard InChI is InChI=1S/C15H14N2O2/c18-17(19)15(13-7-2-1-3-8-13)14-9-5-4-6-12(14)10-11-16-15/h1-9,16H,10-11H2. The van der Waals surface area contributed by atoms with Crippen LogP contribution in [0.2, 0.25) is 0 Å². The van der Waals surface area contributed by atoms with Crippen LogP contribution in [0.1, 0.15) is 16.7 Å². The van der Waals surface area contributed by atoms with Crippen molar-refractivity contribution in [2.45, 2.75) is 12.1 Å². The molecule has 0 saturated heterocycles. The lowest BCUT2D eigenvalue weighted by Crippen LogP contribution is -2.53. The number of hydrogen-bond acceptors (Lipinski definition) is 3. The highest BCUT2D eigenvalue weighted by atomic mass is 16.6. The van der Waals surface area contributed by atoms with E-state index in [9.17, 15) is 10.1 Å². The Morgan fingerprint density at radius 3 is 2.47 bits per heavy atom. The Bertz CT molecular complexity index is 613. The fourth-order valence-electron chi connectivity index (χ4n) is 2.77. The lowest BCUT2D eigenvalue weighted by atomic mass is 9.84. The van der Waals surface area contributed by atoms with Crippen LogP contribution in [0.3, 0.4) is 0 Å². The van der Waals surface area contributed by atoms with Crippen LogP contribution in [0.4, 0.5) is 0 Å². The average molecular weight is 254 g/mol. The zero-order valence-electron chi connectivity index (χ0n) is 10.4. The summed E-state index contributed by atoms with van der Waals surface area (Å²) in [4.78, 5) is 11.6. The van der Waals surface area contributed by atoms with Gasteiger partial charge < -0.3 is 0 Å². The summed E-state index contributed by atoms with van der Waals surface area (Å²) in [5, 5.41) is 14.9. The van der Waals surface area contributed by atoms with E-state index in [0.717, 1.165) is 17.5 Å². The fraction of sp³-hybridized carbons (Fsp3) is 0.200. The van der Waals surface area contributed by atoms with Gasteiger partial charge in [-0.1, -0.05) is 36.4 Å². The van der Waals surface area contributed by atoms with Gasteiger partial charge in [0.05, 0.1) is 10.5 Å². The van der Waals surface area contributed by atoms with E-state index < -0.39 is 5.66 Å². The number of nitrogens with zero attached hydrogens (tertiary/aromatic N) is 1. The Morgan fingerprint density at radius 1 is 1.05 bits per heavy atom. The largest absolute Gasteiger partial charge is 0.326 e. The second-order valence-electron chi connectivity index (χ2n) is 4.67. The van der Waals surface area contributed by atoms with E-state index in [1.807, 2.05) is 42.5 Å². The van der Waals surface area contributed by atoms with Crippen LogP contribution in [0, 0.1) is 10.1 Å². The molecule has 4 heteroatoms. The summed E-state index contributed by atoms with van der Waals surface area (Å²) in [7, 11) is 0. The van der Waals surface area contributed by atoms with Gasteiger partial charge in [0, 0.05) is 12.1 Å². The molecule has 2 aromatic carbocycles. The zero-order valence-corrected chi connectivity index (χ0v) is 10.4. The molecule has 0 amide bonds. The minimum atomic E-state index is -1.32. The van der Waals surface area contributed by atoms with Gasteiger partial charge in [0.25, 0.3) is 0 Å². The van der Waals surface area contributed by atoms with Crippen LogP contribution in [0.15, 0.2) is 54.6 Å². The highest BCUT2D eigenvalue weighted by molar-refractivity contribution is 5.42. The number of rotatable bonds is 2. The molecule has 0 aromatic heterocycles. The van der Waals surface area contributed by atoms with E-state index in [1.54, 1.807) is 12.1 Å². The van der Waals surface area contributed by atoms with E-state index in [2.05, 4.69) is 5.32 Å². The van der Waals surface area contributed by atoms with Gasteiger partial charge in [0.15, 0.2) is 0 Å². The van der Waals surface area contributed by atoms with Gasteiger partial charge in [-0.15, -0.1) is 0 Å². The van der Waals surface area contributed by atoms with Crippen molar-refractivity contribution in [1.82, 2.24) is 5.32 Å². The molecule has 96 valence electrons. The minimum Gasteiger partial charge on any atom is -0.262 e. The van der Waals surface area contributed by atoms with Crippen LogP contribution in [-0.2, 0) is 12.1 Å². The summed E-state index contributed by atoms with van der Waals surface area (Å²) in [5.41, 5.74) is 1.14. The molecule has 0 spiro atoms. The number of nitrogens with one attached hydrogen (secondary N) is 1. The number of hydrogen-bond donors (Lipinski definition) is 1. The quantitative estimate of drug-likeness (QED) is 0.661. The Kier molecular flexibility index (Phi) is 2.80. The minimum absolute atomic E-state index is 0.222. The van der Waals surface area contributed by atoms with Crippen molar-refractivity contribution in [2.75, 3.05) is 6.54 Å². The first-order chi connectivity index (χ1) is 9.25. The highest BCUT2D eigenvalue weighted by Crippen LogP contribution is 2.35. The molecule has 1 unspecified atom stereocenters. The summed E-state index contributed by atoms with van der Waals surface area (Å²) in [5.74, 6) is 0. The molecule has 0 radical (unpaired) electrons. The van der Waals surface area contributed by atoms with Crippen LogP contribution in [0.5, 0.6) is 0 Å². The molecule has 0 fully saturated rings. The maximum Gasteiger partial charge on any atom is 0.326 e. The average Bonchev–Trinajstić information content (AvgIpc) is 2.47. The summed E-state index contributed by atoms with van der Waals surface area (Å²) in [6, 6.07) is 16.7. The third-order valence-corrected chi connectivity index (χ3v) is 3.65. The SMILES string of the molecule is O=[N+]([O-])C1(c2ccccc2)NCCc2ccccc21. The van der Waals surface area contributed by atoms with Crippen molar-refractivity contribution in [3.05, 3.63) is 81.4 Å². The second kappa shape index (κ2) is 4.48. The summed E-state index contributed by atoms with van der Waals surface area (Å²) < 4.78 is 0. The third kappa shape index (κ3) is 1.72. The Balaban J connectivity index is 2.27. The van der Waals surface area contributed by atoms with E-state index >= 15 is 0 Å². The summed E-state index contributed by atoms with van der Waals surface area (Å²) in [6.07, 6.45) is 0.818. The molecule has 1 heterocycles. The molecule has 1 aliphatic heterocycles. The molecule has 1 atom stereocenters. The summed E-state index contributed by atoms with van der Waals surface area (Å²) in [6.45, 7) is 0.604. The van der Waals surface area contributed by atoms with Gasteiger partial charge in [0.2, 0.25) is 0 Å². The molecule has 0 saturated carbocycles. The third-order valence-electron chi connectivity index (χ3n) is 3.65. The van der Waals surface area contributed by atoms with Gasteiger partial charge in [-0.3, -0.25) is 10.1 Å². The van der Waals surface area contributed by atoms with Gasteiger partial charge in [-0.25, -0.2) is 5.32 Å². The molecule has 1 N–H and O–H groups in total. The van der Waals surface area contributed by atoms with Crippen LogP contribution in [0.25, 0.3) is 0 Å². The number of nitro groups is 1. The number of fused-ring (bicyclic) bond motifs is 1. The lowest BCUT2D eigenvalue weighted by molar-refractivity contribution is -0.575.